The summed E-state index contributed by atoms with van der Waals surface area (Å²) in [4.78, 5) is 35.3. The van der Waals surface area contributed by atoms with Crippen molar-refractivity contribution in [3.8, 4) is 0 Å². The third-order valence-corrected chi connectivity index (χ3v) is 3.59. The first-order valence-electron chi connectivity index (χ1n) is 7.35. The predicted molar refractivity (Wildman–Crippen MR) is 89.8 cm³/mol. The average Bonchev–Trinajstić information content (AvgIpc) is 2.55. The van der Waals surface area contributed by atoms with E-state index >= 15 is 0 Å². The summed E-state index contributed by atoms with van der Waals surface area (Å²) < 4.78 is 0. The highest BCUT2D eigenvalue weighted by atomic mass is 16.4. The topological polar surface area (TPSA) is 142 Å². The maximum absolute atomic E-state index is 11.8. The summed E-state index contributed by atoms with van der Waals surface area (Å²) in [5, 5.41) is 14.5. The van der Waals surface area contributed by atoms with Crippen molar-refractivity contribution in [3.05, 3.63) is 29.8 Å². The summed E-state index contributed by atoms with van der Waals surface area (Å²) in [6.45, 7) is 0.978. The van der Waals surface area contributed by atoms with Gasteiger partial charge >= 0.3 is 5.97 Å². The largest absolute Gasteiger partial charge is 0.478 e. The molecule has 5 N–H and O–H groups in total. The molecular formula is C15H16N6O3. The van der Waals surface area contributed by atoms with Gasteiger partial charge in [-0.2, -0.15) is 4.99 Å². The van der Waals surface area contributed by atoms with Gasteiger partial charge in [0, 0.05) is 24.4 Å². The molecule has 9 heteroatoms. The van der Waals surface area contributed by atoms with Crippen LogP contribution >= 0.6 is 0 Å². The minimum absolute atomic E-state index is 0.0418. The number of carbonyl (C=O) groups excluding carboxylic acids is 1. The maximum atomic E-state index is 11.8. The lowest BCUT2D eigenvalue weighted by atomic mass is 10.1. The zero-order valence-corrected chi connectivity index (χ0v) is 12.7. The van der Waals surface area contributed by atoms with Crippen LogP contribution < -0.4 is 16.4 Å². The Balaban J connectivity index is 1.55. The summed E-state index contributed by atoms with van der Waals surface area (Å²) in [6.07, 6.45) is 0.612. The Bertz CT molecular complexity index is 766. The van der Waals surface area contributed by atoms with E-state index in [1.807, 2.05) is 0 Å². The number of nitrogens with zero attached hydrogens (tertiary/aromatic N) is 3. The van der Waals surface area contributed by atoms with Crippen molar-refractivity contribution < 1.29 is 14.7 Å². The number of carbonyl (C=O) groups is 2. The molecule has 0 bridgehead atoms. The summed E-state index contributed by atoms with van der Waals surface area (Å²) in [7, 11) is 0. The second kappa shape index (κ2) is 6.49. The van der Waals surface area contributed by atoms with Crippen molar-refractivity contribution in [2.24, 2.45) is 20.7 Å². The number of guanidine groups is 1. The molecule has 3 rings (SSSR count). The van der Waals surface area contributed by atoms with Gasteiger partial charge in [0.15, 0.2) is 11.9 Å². The molecule has 1 aromatic carbocycles. The van der Waals surface area contributed by atoms with Gasteiger partial charge in [-0.3, -0.25) is 20.1 Å². The van der Waals surface area contributed by atoms with Crippen molar-refractivity contribution in [3.63, 3.8) is 0 Å². The van der Waals surface area contributed by atoms with Crippen LogP contribution in [0.15, 0.2) is 39.2 Å². The molecule has 0 fully saturated rings. The molecule has 1 atom stereocenters. The Labute approximate surface area is 137 Å². The summed E-state index contributed by atoms with van der Waals surface area (Å²) in [6, 6.07) is 5.75. The molecule has 9 nitrogen and oxygen atoms in total. The van der Waals surface area contributed by atoms with E-state index in [1.54, 1.807) is 12.1 Å². The van der Waals surface area contributed by atoms with Crippen LogP contribution in [0.2, 0.25) is 0 Å². The SMILES string of the molecule is NC1=NC2=NCC(CCNc3ccc(C(=O)O)cc3)=NC2C(=O)N1. The fraction of sp³-hybridized carbons (Fsp3) is 0.267. The van der Waals surface area contributed by atoms with Gasteiger partial charge in [-0.25, -0.2) is 4.79 Å². The number of carboxylic acids is 1. The van der Waals surface area contributed by atoms with E-state index in [0.717, 1.165) is 11.4 Å². The normalized spacial score (nSPS) is 19.4. The van der Waals surface area contributed by atoms with Crippen LogP contribution in [0.1, 0.15) is 16.8 Å². The van der Waals surface area contributed by atoms with Crippen molar-refractivity contribution in [2.45, 2.75) is 12.5 Å². The fourth-order valence-corrected chi connectivity index (χ4v) is 2.38. The molecule has 0 spiro atoms. The summed E-state index contributed by atoms with van der Waals surface area (Å²) in [5.41, 5.74) is 7.33. The van der Waals surface area contributed by atoms with Gasteiger partial charge in [0.1, 0.15) is 0 Å². The number of carboxylic acid groups (broad SMARTS) is 1. The second-order valence-electron chi connectivity index (χ2n) is 5.32. The molecule has 1 unspecified atom stereocenters. The number of nitrogens with two attached hydrogens (primary N) is 1. The number of anilines is 1. The molecule has 1 aromatic rings. The first-order valence-corrected chi connectivity index (χ1v) is 7.35. The van der Waals surface area contributed by atoms with Gasteiger partial charge in [0.05, 0.1) is 12.1 Å². The Kier molecular flexibility index (Phi) is 4.23. The highest BCUT2D eigenvalue weighted by Gasteiger charge is 2.31. The van der Waals surface area contributed by atoms with Crippen molar-refractivity contribution in [1.29, 1.82) is 0 Å². The van der Waals surface area contributed by atoms with E-state index < -0.39 is 12.0 Å². The van der Waals surface area contributed by atoms with Crippen LogP contribution in [0.5, 0.6) is 0 Å². The molecule has 2 aliphatic rings. The highest BCUT2D eigenvalue weighted by molar-refractivity contribution is 6.21. The molecule has 0 aliphatic carbocycles. The zero-order valence-electron chi connectivity index (χ0n) is 12.7. The number of amides is 1. The smallest absolute Gasteiger partial charge is 0.335 e. The highest BCUT2D eigenvalue weighted by Crippen LogP contribution is 2.12. The monoisotopic (exact) mass is 328 g/mol. The van der Waals surface area contributed by atoms with E-state index in [9.17, 15) is 9.59 Å². The van der Waals surface area contributed by atoms with Crippen LogP contribution in [-0.2, 0) is 4.79 Å². The Morgan fingerprint density at radius 1 is 1.38 bits per heavy atom. The first kappa shape index (κ1) is 15.7. The standard InChI is InChI=1S/C15H16N6O3/c16-15-20-12-11(13(22)21-15)19-10(7-18-12)5-6-17-9-3-1-8(2-4-9)14(23)24/h1-4,11,17H,5-7H2,(H,23,24)(H3,16,18,20,21,22). The first-order chi connectivity index (χ1) is 11.5. The number of aliphatic imine (C=N–C) groups is 3. The summed E-state index contributed by atoms with van der Waals surface area (Å²) >= 11 is 0. The van der Waals surface area contributed by atoms with Gasteiger partial charge in [0.2, 0.25) is 5.96 Å². The van der Waals surface area contributed by atoms with E-state index in [2.05, 4.69) is 25.6 Å². The number of aromatic carboxylic acids is 1. The lowest BCUT2D eigenvalue weighted by Crippen LogP contribution is -2.51. The molecular weight excluding hydrogens is 312 g/mol. The number of benzene rings is 1. The van der Waals surface area contributed by atoms with Gasteiger partial charge in [-0.15, -0.1) is 0 Å². The van der Waals surface area contributed by atoms with Gasteiger partial charge in [-0.05, 0) is 24.3 Å². The molecule has 1 amide bonds. The molecule has 0 radical (unpaired) electrons. The molecule has 0 aromatic heterocycles. The molecule has 2 heterocycles. The molecule has 2 aliphatic heterocycles. The Hall–Kier alpha value is -3.23. The van der Waals surface area contributed by atoms with E-state index in [4.69, 9.17) is 10.8 Å². The van der Waals surface area contributed by atoms with Crippen molar-refractivity contribution in [2.75, 3.05) is 18.4 Å². The minimum atomic E-state index is -0.958. The minimum Gasteiger partial charge on any atom is -0.478 e. The number of nitrogens with one attached hydrogen (secondary N) is 2. The second-order valence-corrected chi connectivity index (χ2v) is 5.32. The molecule has 0 saturated heterocycles. The average molecular weight is 328 g/mol. The van der Waals surface area contributed by atoms with Crippen LogP contribution in [-0.4, -0.2) is 53.6 Å². The predicted octanol–water partition coefficient (Wildman–Crippen LogP) is -0.147. The van der Waals surface area contributed by atoms with Crippen LogP contribution in [0, 0.1) is 0 Å². The molecule has 24 heavy (non-hydrogen) atoms. The van der Waals surface area contributed by atoms with Gasteiger partial charge in [0.25, 0.3) is 5.91 Å². The zero-order chi connectivity index (χ0) is 17.1. The maximum Gasteiger partial charge on any atom is 0.335 e. The Morgan fingerprint density at radius 2 is 2.12 bits per heavy atom. The van der Waals surface area contributed by atoms with Crippen LogP contribution in [0.25, 0.3) is 0 Å². The Morgan fingerprint density at radius 3 is 2.83 bits per heavy atom. The van der Waals surface area contributed by atoms with E-state index in [1.165, 1.54) is 12.1 Å². The summed E-state index contributed by atoms with van der Waals surface area (Å²) in [5.74, 6) is -0.895. The fourth-order valence-electron chi connectivity index (χ4n) is 2.38. The third-order valence-electron chi connectivity index (χ3n) is 3.59. The number of rotatable bonds is 5. The number of fused-ring (bicyclic) bond motifs is 1. The van der Waals surface area contributed by atoms with Crippen molar-refractivity contribution in [1.82, 2.24) is 5.32 Å². The van der Waals surface area contributed by atoms with Gasteiger partial charge in [-0.1, -0.05) is 0 Å². The number of hydrogen-bond donors (Lipinski definition) is 4. The lowest BCUT2D eigenvalue weighted by Gasteiger charge is -2.22. The lowest BCUT2D eigenvalue weighted by molar-refractivity contribution is -0.119. The van der Waals surface area contributed by atoms with Gasteiger partial charge < -0.3 is 16.2 Å². The van der Waals surface area contributed by atoms with E-state index in [0.29, 0.717) is 25.3 Å². The van der Waals surface area contributed by atoms with Crippen LogP contribution in [0.4, 0.5) is 5.69 Å². The quantitative estimate of drug-likeness (QED) is 0.595. The molecule has 124 valence electrons. The van der Waals surface area contributed by atoms with Crippen molar-refractivity contribution >= 4 is 35.1 Å². The third kappa shape index (κ3) is 3.40. The van der Waals surface area contributed by atoms with Crippen LogP contribution in [0.3, 0.4) is 0 Å². The number of hydrogen-bond acceptors (Lipinski definition) is 7. The number of amidine groups is 1. The molecule has 0 saturated carbocycles. The van der Waals surface area contributed by atoms with E-state index in [-0.39, 0.29) is 17.4 Å².